The number of likely N-dealkylation sites (tertiary alicyclic amines) is 1. The summed E-state index contributed by atoms with van der Waals surface area (Å²) >= 11 is 0. The van der Waals surface area contributed by atoms with Gasteiger partial charge in [-0.15, -0.1) is 0 Å². The molecule has 2 atom stereocenters. The van der Waals surface area contributed by atoms with Gasteiger partial charge in [0.05, 0.1) is 0 Å². The Kier molecular flexibility index (Phi) is 3.60. The Morgan fingerprint density at radius 2 is 2.06 bits per heavy atom. The maximum atomic E-state index is 12.5. The van der Waals surface area contributed by atoms with Gasteiger partial charge in [0, 0.05) is 24.3 Å². The molecule has 18 heavy (non-hydrogen) atoms. The molecule has 2 N–H and O–H groups in total. The van der Waals surface area contributed by atoms with Gasteiger partial charge >= 0.3 is 0 Å². The molecule has 3 nitrogen and oxygen atoms in total. The third-order valence-electron chi connectivity index (χ3n) is 4.11. The zero-order chi connectivity index (χ0) is 13.3. The molecule has 0 aliphatic carbocycles. The average molecular weight is 246 g/mol. The first-order valence-electron chi connectivity index (χ1n) is 6.64. The number of benzene rings is 1. The summed E-state index contributed by atoms with van der Waals surface area (Å²) in [6.07, 6.45) is 1.09. The Morgan fingerprint density at radius 1 is 1.33 bits per heavy atom. The number of carbonyl (C=O) groups is 1. The Balaban J connectivity index is 2.19. The van der Waals surface area contributed by atoms with Crippen molar-refractivity contribution < 1.29 is 4.79 Å². The van der Waals surface area contributed by atoms with Crippen molar-refractivity contribution in [3.8, 4) is 0 Å². The SMILES string of the molecule is Cc1ccc(N)cc1C(=O)N1CCC(C)C(C)C1. The maximum absolute atomic E-state index is 12.5. The number of piperidine rings is 1. The first kappa shape index (κ1) is 12.9. The lowest BCUT2D eigenvalue weighted by atomic mass is 9.88. The highest BCUT2D eigenvalue weighted by molar-refractivity contribution is 5.96. The van der Waals surface area contributed by atoms with Crippen LogP contribution in [0, 0.1) is 18.8 Å². The standard InChI is InChI=1S/C15H22N2O/c1-10-6-7-17(9-12(10)3)15(18)14-8-13(16)5-4-11(14)2/h4-5,8,10,12H,6-7,9,16H2,1-3H3. The molecule has 0 spiro atoms. The molecule has 98 valence electrons. The quantitative estimate of drug-likeness (QED) is 0.774. The lowest BCUT2D eigenvalue weighted by molar-refractivity contribution is 0.0627. The maximum Gasteiger partial charge on any atom is 0.254 e. The summed E-state index contributed by atoms with van der Waals surface area (Å²) < 4.78 is 0. The lowest BCUT2D eigenvalue weighted by Crippen LogP contribution is -2.42. The minimum absolute atomic E-state index is 0.124. The minimum Gasteiger partial charge on any atom is -0.399 e. The Hall–Kier alpha value is -1.51. The third-order valence-corrected chi connectivity index (χ3v) is 4.11. The molecule has 0 radical (unpaired) electrons. The van der Waals surface area contributed by atoms with Crippen LogP contribution in [0.2, 0.25) is 0 Å². The highest BCUT2D eigenvalue weighted by Crippen LogP contribution is 2.24. The molecule has 1 saturated heterocycles. The van der Waals surface area contributed by atoms with Crippen LogP contribution in [-0.2, 0) is 0 Å². The number of nitrogens with zero attached hydrogens (tertiary/aromatic N) is 1. The van der Waals surface area contributed by atoms with E-state index in [0.717, 1.165) is 30.6 Å². The second-order valence-corrected chi connectivity index (χ2v) is 5.57. The summed E-state index contributed by atoms with van der Waals surface area (Å²) in [5.41, 5.74) is 8.18. The number of anilines is 1. The molecule has 1 amide bonds. The van der Waals surface area contributed by atoms with Crippen LogP contribution in [0.4, 0.5) is 5.69 Å². The summed E-state index contributed by atoms with van der Waals surface area (Å²) in [6.45, 7) is 8.16. The van der Waals surface area contributed by atoms with E-state index < -0.39 is 0 Å². The van der Waals surface area contributed by atoms with Crippen LogP contribution in [0.15, 0.2) is 18.2 Å². The van der Waals surface area contributed by atoms with Crippen LogP contribution in [0.1, 0.15) is 36.2 Å². The first-order valence-corrected chi connectivity index (χ1v) is 6.64. The highest BCUT2D eigenvalue weighted by atomic mass is 16.2. The van der Waals surface area contributed by atoms with Gasteiger partial charge in [-0.05, 0) is 42.9 Å². The van der Waals surface area contributed by atoms with E-state index in [4.69, 9.17) is 5.73 Å². The number of aryl methyl sites for hydroxylation is 1. The largest absolute Gasteiger partial charge is 0.399 e. The lowest BCUT2D eigenvalue weighted by Gasteiger charge is -2.35. The van der Waals surface area contributed by atoms with Gasteiger partial charge in [-0.2, -0.15) is 0 Å². The van der Waals surface area contributed by atoms with Crippen LogP contribution in [-0.4, -0.2) is 23.9 Å². The molecule has 1 heterocycles. The van der Waals surface area contributed by atoms with Gasteiger partial charge in [0.25, 0.3) is 5.91 Å². The normalized spacial score (nSPS) is 24.1. The second kappa shape index (κ2) is 5.01. The topological polar surface area (TPSA) is 46.3 Å². The van der Waals surface area contributed by atoms with Crippen LogP contribution in [0.5, 0.6) is 0 Å². The fraction of sp³-hybridized carbons (Fsp3) is 0.533. The van der Waals surface area contributed by atoms with Crippen molar-refractivity contribution in [2.75, 3.05) is 18.8 Å². The first-order chi connectivity index (χ1) is 8.49. The Labute approximate surface area is 109 Å². The summed E-state index contributed by atoms with van der Waals surface area (Å²) in [4.78, 5) is 14.5. The number of nitrogens with two attached hydrogens (primary N) is 1. The molecule has 0 aromatic heterocycles. The molecule has 1 aromatic carbocycles. The third kappa shape index (κ3) is 2.50. The van der Waals surface area contributed by atoms with Crippen molar-refractivity contribution in [2.24, 2.45) is 11.8 Å². The zero-order valence-corrected chi connectivity index (χ0v) is 11.4. The van der Waals surface area contributed by atoms with E-state index >= 15 is 0 Å². The van der Waals surface area contributed by atoms with Gasteiger partial charge in [-0.1, -0.05) is 19.9 Å². The van der Waals surface area contributed by atoms with Crippen molar-refractivity contribution in [1.29, 1.82) is 0 Å². The van der Waals surface area contributed by atoms with E-state index in [-0.39, 0.29) is 5.91 Å². The van der Waals surface area contributed by atoms with Gasteiger partial charge in [-0.25, -0.2) is 0 Å². The number of rotatable bonds is 1. The van der Waals surface area contributed by atoms with Crippen molar-refractivity contribution in [2.45, 2.75) is 27.2 Å². The fourth-order valence-electron chi connectivity index (χ4n) is 2.49. The number of carbonyl (C=O) groups excluding carboxylic acids is 1. The smallest absolute Gasteiger partial charge is 0.254 e. The molecular formula is C15H22N2O. The molecule has 1 aromatic rings. The van der Waals surface area contributed by atoms with E-state index in [1.165, 1.54) is 0 Å². The summed E-state index contributed by atoms with van der Waals surface area (Å²) in [6, 6.07) is 5.55. The van der Waals surface area contributed by atoms with Crippen molar-refractivity contribution in [1.82, 2.24) is 4.90 Å². The predicted octanol–water partition coefficient (Wildman–Crippen LogP) is 2.70. The Bertz CT molecular complexity index is 456. The predicted molar refractivity (Wildman–Crippen MR) is 74.4 cm³/mol. The van der Waals surface area contributed by atoms with Crippen LogP contribution < -0.4 is 5.73 Å². The van der Waals surface area contributed by atoms with Gasteiger partial charge in [0.2, 0.25) is 0 Å². The number of nitrogen functional groups attached to an aromatic ring is 1. The molecule has 2 rings (SSSR count). The molecule has 0 bridgehead atoms. The highest BCUT2D eigenvalue weighted by Gasteiger charge is 2.27. The van der Waals surface area contributed by atoms with Gasteiger partial charge < -0.3 is 10.6 Å². The molecule has 1 aliphatic rings. The molecule has 3 heteroatoms. The second-order valence-electron chi connectivity index (χ2n) is 5.57. The molecule has 0 saturated carbocycles. The molecule has 2 unspecified atom stereocenters. The van der Waals surface area contributed by atoms with E-state index in [9.17, 15) is 4.79 Å². The summed E-state index contributed by atoms with van der Waals surface area (Å²) in [7, 11) is 0. The van der Waals surface area contributed by atoms with E-state index in [1.807, 2.05) is 24.0 Å². The number of amides is 1. The van der Waals surface area contributed by atoms with Crippen molar-refractivity contribution in [3.05, 3.63) is 29.3 Å². The minimum atomic E-state index is 0.124. The van der Waals surface area contributed by atoms with Crippen LogP contribution >= 0.6 is 0 Å². The van der Waals surface area contributed by atoms with Gasteiger partial charge in [0.1, 0.15) is 0 Å². The Morgan fingerprint density at radius 3 is 2.72 bits per heavy atom. The van der Waals surface area contributed by atoms with E-state index in [1.54, 1.807) is 6.07 Å². The van der Waals surface area contributed by atoms with Crippen molar-refractivity contribution >= 4 is 11.6 Å². The van der Waals surface area contributed by atoms with Gasteiger partial charge in [-0.3, -0.25) is 4.79 Å². The van der Waals surface area contributed by atoms with E-state index in [0.29, 0.717) is 17.5 Å². The summed E-state index contributed by atoms with van der Waals surface area (Å²) in [5.74, 6) is 1.40. The molecule has 1 aliphatic heterocycles. The monoisotopic (exact) mass is 246 g/mol. The molecule has 1 fully saturated rings. The van der Waals surface area contributed by atoms with Gasteiger partial charge in [0.15, 0.2) is 0 Å². The molecular weight excluding hydrogens is 224 g/mol. The average Bonchev–Trinajstić information content (AvgIpc) is 2.35. The number of hydrogen-bond acceptors (Lipinski definition) is 2. The summed E-state index contributed by atoms with van der Waals surface area (Å²) in [5, 5.41) is 0. The van der Waals surface area contributed by atoms with E-state index in [2.05, 4.69) is 13.8 Å². The van der Waals surface area contributed by atoms with Crippen molar-refractivity contribution in [3.63, 3.8) is 0 Å². The fourth-order valence-corrected chi connectivity index (χ4v) is 2.49. The van der Waals surface area contributed by atoms with Crippen LogP contribution in [0.25, 0.3) is 0 Å². The zero-order valence-electron chi connectivity index (χ0n) is 11.4. The van der Waals surface area contributed by atoms with Crippen LogP contribution in [0.3, 0.4) is 0 Å². The number of hydrogen-bond donors (Lipinski definition) is 1.